The minimum Gasteiger partial charge on any atom is -0.507 e. The summed E-state index contributed by atoms with van der Waals surface area (Å²) in [5.41, 5.74) is 2.93. The maximum absolute atomic E-state index is 12.8. The fourth-order valence-corrected chi connectivity index (χ4v) is 3.69. The highest BCUT2D eigenvalue weighted by atomic mass is 16.5. The van der Waals surface area contributed by atoms with Crippen molar-refractivity contribution in [1.29, 1.82) is 0 Å². The van der Waals surface area contributed by atoms with Gasteiger partial charge in [-0.3, -0.25) is 9.59 Å². The standard InChI is InChI=1S/C23H20O4/c24-14-21-20-6-4-17(12-18(20)5-7-22(21)25)16-2-1-3-19(13-16)23(26)15-8-10-27-11-9-15/h1-7,12-15,25H,8-11H2. The Labute approximate surface area is 157 Å². The summed E-state index contributed by atoms with van der Waals surface area (Å²) in [6, 6.07) is 16.7. The summed E-state index contributed by atoms with van der Waals surface area (Å²) in [7, 11) is 0. The molecular weight excluding hydrogens is 340 g/mol. The molecule has 0 spiro atoms. The number of phenolic OH excluding ortho intramolecular Hbond substituents is 1. The van der Waals surface area contributed by atoms with Crippen molar-refractivity contribution in [3.63, 3.8) is 0 Å². The number of carbonyl (C=O) groups is 2. The molecule has 0 amide bonds. The first-order valence-corrected chi connectivity index (χ1v) is 9.10. The number of carbonyl (C=O) groups excluding carboxylic acids is 2. The average Bonchev–Trinajstić information content (AvgIpc) is 2.73. The van der Waals surface area contributed by atoms with Gasteiger partial charge >= 0.3 is 0 Å². The number of rotatable bonds is 4. The molecule has 0 atom stereocenters. The Morgan fingerprint density at radius 2 is 1.78 bits per heavy atom. The van der Waals surface area contributed by atoms with E-state index in [0.29, 0.717) is 30.4 Å². The van der Waals surface area contributed by atoms with Crippen molar-refractivity contribution in [2.24, 2.45) is 5.92 Å². The minimum atomic E-state index is -0.0192. The van der Waals surface area contributed by atoms with Gasteiger partial charge in [0.05, 0.1) is 5.56 Å². The van der Waals surface area contributed by atoms with Crippen LogP contribution in [0.15, 0.2) is 54.6 Å². The smallest absolute Gasteiger partial charge is 0.166 e. The topological polar surface area (TPSA) is 63.6 Å². The van der Waals surface area contributed by atoms with E-state index in [0.717, 1.165) is 34.9 Å². The molecule has 3 aromatic carbocycles. The molecule has 0 aromatic heterocycles. The quantitative estimate of drug-likeness (QED) is 0.544. The number of benzene rings is 3. The molecule has 0 saturated carbocycles. The van der Waals surface area contributed by atoms with Crippen LogP contribution < -0.4 is 0 Å². The lowest BCUT2D eigenvalue weighted by atomic mass is 9.89. The van der Waals surface area contributed by atoms with Crippen LogP contribution >= 0.6 is 0 Å². The second-order valence-corrected chi connectivity index (χ2v) is 6.88. The van der Waals surface area contributed by atoms with E-state index in [9.17, 15) is 14.7 Å². The molecule has 1 fully saturated rings. The van der Waals surface area contributed by atoms with Crippen molar-refractivity contribution in [1.82, 2.24) is 0 Å². The predicted molar refractivity (Wildman–Crippen MR) is 104 cm³/mol. The van der Waals surface area contributed by atoms with Crippen LogP contribution in [0.25, 0.3) is 21.9 Å². The van der Waals surface area contributed by atoms with E-state index in [1.54, 1.807) is 6.07 Å². The van der Waals surface area contributed by atoms with Gasteiger partial charge in [0.2, 0.25) is 0 Å². The minimum absolute atomic E-state index is 0.0192. The van der Waals surface area contributed by atoms with Gasteiger partial charge < -0.3 is 9.84 Å². The predicted octanol–water partition coefficient (Wildman–Crippen LogP) is 4.63. The lowest BCUT2D eigenvalue weighted by Gasteiger charge is -2.21. The number of aldehydes is 1. The first kappa shape index (κ1) is 17.4. The second kappa shape index (κ2) is 7.33. The van der Waals surface area contributed by atoms with Crippen molar-refractivity contribution >= 4 is 22.8 Å². The number of fused-ring (bicyclic) bond motifs is 1. The van der Waals surface area contributed by atoms with Crippen LogP contribution in [0.4, 0.5) is 0 Å². The van der Waals surface area contributed by atoms with Gasteiger partial charge in [0.25, 0.3) is 0 Å². The molecule has 4 heteroatoms. The highest BCUT2D eigenvalue weighted by Crippen LogP contribution is 2.31. The molecule has 1 heterocycles. The van der Waals surface area contributed by atoms with E-state index in [-0.39, 0.29) is 17.5 Å². The lowest BCUT2D eigenvalue weighted by Crippen LogP contribution is -2.23. The van der Waals surface area contributed by atoms with Crippen molar-refractivity contribution in [2.45, 2.75) is 12.8 Å². The Balaban J connectivity index is 1.70. The molecule has 1 aliphatic heterocycles. The van der Waals surface area contributed by atoms with Crippen molar-refractivity contribution in [2.75, 3.05) is 13.2 Å². The van der Waals surface area contributed by atoms with Crippen molar-refractivity contribution < 1.29 is 19.4 Å². The Bertz CT molecular complexity index is 1020. The third kappa shape index (κ3) is 3.36. The fourth-order valence-electron chi connectivity index (χ4n) is 3.69. The number of hydrogen-bond acceptors (Lipinski definition) is 4. The summed E-state index contributed by atoms with van der Waals surface area (Å²) in [4.78, 5) is 24.1. The number of Topliss-reactive ketones (excluding diaryl/α,β-unsaturated/α-hetero) is 1. The number of ketones is 1. The third-order valence-electron chi connectivity index (χ3n) is 5.23. The highest BCUT2D eigenvalue weighted by molar-refractivity contribution is 6.02. The summed E-state index contributed by atoms with van der Waals surface area (Å²) in [5, 5.41) is 11.4. The molecule has 4 nitrogen and oxygen atoms in total. The summed E-state index contributed by atoms with van der Waals surface area (Å²) < 4.78 is 5.35. The molecular formula is C23H20O4. The van der Waals surface area contributed by atoms with Gasteiger partial charge in [0, 0.05) is 24.7 Å². The van der Waals surface area contributed by atoms with Gasteiger partial charge in [-0.15, -0.1) is 0 Å². The van der Waals surface area contributed by atoms with Crippen LogP contribution in [0.3, 0.4) is 0 Å². The van der Waals surface area contributed by atoms with Crippen molar-refractivity contribution in [3.05, 3.63) is 65.7 Å². The molecule has 4 rings (SSSR count). The normalized spacial score (nSPS) is 15.0. The largest absolute Gasteiger partial charge is 0.507 e. The molecule has 0 radical (unpaired) electrons. The summed E-state index contributed by atoms with van der Waals surface area (Å²) in [6.45, 7) is 1.29. The maximum Gasteiger partial charge on any atom is 0.166 e. The van der Waals surface area contributed by atoms with Crippen LogP contribution in [0, 0.1) is 5.92 Å². The molecule has 27 heavy (non-hydrogen) atoms. The van der Waals surface area contributed by atoms with Crippen LogP contribution in [0.2, 0.25) is 0 Å². The Morgan fingerprint density at radius 1 is 1.00 bits per heavy atom. The molecule has 0 bridgehead atoms. The van der Waals surface area contributed by atoms with Crippen molar-refractivity contribution in [3.8, 4) is 16.9 Å². The van der Waals surface area contributed by atoms with Gasteiger partial charge in [0.1, 0.15) is 5.75 Å². The summed E-state index contributed by atoms with van der Waals surface area (Å²) in [6.07, 6.45) is 2.22. The highest BCUT2D eigenvalue weighted by Gasteiger charge is 2.23. The molecule has 0 unspecified atom stereocenters. The number of ether oxygens (including phenoxy) is 1. The van der Waals surface area contributed by atoms with Crippen LogP contribution in [0.1, 0.15) is 33.6 Å². The van der Waals surface area contributed by atoms with E-state index in [2.05, 4.69) is 0 Å². The average molecular weight is 360 g/mol. The van der Waals surface area contributed by atoms with Gasteiger partial charge in [0.15, 0.2) is 12.1 Å². The zero-order valence-electron chi connectivity index (χ0n) is 14.9. The molecule has 0 aliphatic carbocycles. The second-order valence-electron chi connectivity index (χ2n) is 6.88. The van der Waals surface area contributed by atoms with Gasteiger partial charge in [-0.05, 0) is 52.9 Å². The van der Waals surface area contributed by atoms with E-state index in [4.69, 9.17) is 4.74 Å². The number of aromatic hydroxyl groups is 1. The number of phenols is 1. The van der Waals surface area contributed by atoms with Gasteiger partial charge in [-0.1, -0.05) is 36.4 Å². The fraction of sp³-hybridized carbons (Fsp3) is 0.217. The maximum atomic E-state index is 12.8. The monoisotopic (exact) mass is 360 g/mol. The van der Waals surface area contributed by atoms with E-state index >= 15 is 0 Å². The molecule has 136 valence electrons. The van der Waals surface area contributed by atoms with Crippen LogP contribution in [-0.2, 0) is 4.74 Å². The Kier molecular flexibility index (Phi) is 4.73. The molecule has 1 N–H and O–H groups in total. The first-order valence-electron chi connectivity index (χ1n) is 9.10. The zero-order valence-corrected chi connectivity index (χ0v) is 14.9. The van der Waals surface area contributed by atoms with Gasteiger partial charge in [-0.2, -0.15) is 0 Å². The summed E-state index contributed by atoms with van der Waals surface area (Å²) in [5.74, 6) is 0.187. The molecule has 1 aliphatic rings. The summed E-state index contributed by atoms with van der Waals surface area (Å²) >= 11 is 0. The SMILES string of the molecule is O=Cc1c(O)ccc2cc(-c3cccc(C(=O)C4CCOCC4)c3)ccc12. The van der Waals surface area contributed by atoms with E-state index < -0.39 is 0 Å². The third-order valence-corrected chi connectivity index (χ3v) is 5.23. The molecule has 3 aromatic rings. The number of hydrogen-bond donors (Lipinski definition) is 1. The zero-order chi connectivity index (χ0) is 18.8. The molecule has 1 saturated heterocycles. The van der Waals surface area contributed by atoms with Crippen LogP contribution in [-0.4, -0.2) is 30.4 Å². The van der Waals surface area contributed by atoms with E-state index in [1.807, 2.05) is 42.5 Å². The van der Waals surface area contributed by atoms with Gasteiger partial charge in [-0.25, -0.2) is 0 Å². The van der Waals surface area contributed by atoms with E-state index in [1.165, 1.54) is 6.07 Å². The lowest BCUT2D eigenvalue weighted by molar-refractivity contribution is 0.0545. The van der Waals surface area contributed by atoms with Crippen LogP contribution in [0.5, 0.6) is 5.75 Å². The first-order chi connectivity index (χ1) is 13.2. The Hall–Kier alpha value is -2.98. The Morgan fingerprint density at radius 3 is 2.56 bits per heavy atom.